The number of nitrogens with one attached hydrogen (secondary N) is 1. The Bertz CT molecular complexity index is 650. The number of carbonyl (C=O) groups is 1. The van der Waals surface area contributed by atoms with E-state index in [2.05, 4.69) is 24.1 Å². The van der Waals surface area contributed by atoms with Crippen molar-refractivity contribution in [2.75, 3.05) is 6.54 Å². The van der Waals surface area contributed by atoms with Crippen molar-refractivity contribution in [2.24, 2.45) is 5.73 Å². The molecule has 0 fully saturated rings. The molecule has 1 amide bonds. The van der Waals surface area contributed by atoms with Crippen molar-refractivity contribution >= 4 is 28.8 Å². The third kappa shape index (κ3) is 4.10. The van der Waals surface area contributed by atoms with E-state index in [1.54, 1.807) is 5.38 Å². The summed E-state index contributed by atoms with van der Waals surface area (Å²) < 4.78 is 0. The van der Waals surface area contributed by atoms with E-state index in [-0.39, 0.29) is 11.3 Å². The van der Waals surface area contributed by atoms with Crippen molar-refractivity contribution in [3.63, 3.8) is 0 Å². The molecule has 4 nitrogen and oxygen atoms in total. The van der Waals surface area contributed by atoms with Gasteiger partial charge in [-0.15, -0.1) is 11.3 Å². The fourth-order valence-corrected chi connectivity index (χ4v) is 3.44. The molecule has 23 heavy (non-hydrogen) atoms. The van der Waals surface area contributed by atoms with Crippen molar-refractivity contribution in [1.29, 1.82) is 0 Å². The Hall–Kier alpha value is -1.43. The van der Waals surface area contributed by atoms with Crippen LogP contribution < -0.4 is 11.1 Å². The van der Waals surface area contributed by atoms with Gasteiger partial charge in [-0.3, -0.25) is 4.79 Å². The number of hydrogen-bond acceptors (Lipinski definition) is 4. The summed E-state index contributed by atoms with van der Waals surface area (Å²) in [4.78, 5) is 16.5. The molecule has 0 unspecified atom stereocenters. The number of benzene rings is 1. The Morgan fingerprint density at radius 3 is 2.48 bits per heavy atom. The average molecular weight is 352 g/mol. The van der Waals surface area contributed by atoms with Gasteiger partial charge >= 0.3 is 0 Å². The van der Waals surface area contributed by atoms with Crippen molar-refractivity contribution in [3.8, 4) is 0 Å². The summed E-state index contributed by atoms with van der Waals surface area (Å²) >= 11 is 7.39. The van der Waals surface area contributed by atoms with Crippen molar-refractivity contribution in [1.82, 2.24) is 10.3 Å². The highest BCUT2D eigenvalue weighted by Crippen LogP contribution is 2.32. The van der Waals surface area contributed by atoms with Gasteiger partial charge in [0.2, 0.25) is 0 Å². The summed E-state index contributed by atoms with van der Waals surface area (Å²) in [5.41, 5.74) is 7.06. The Labute approximate surface area is 146 Å². The van der Waals surface area contributed by atoms with Crippen LogP contribution in [-0.2, 0) is 12.0 Å². The van der Waals surface area contributed by atoms with Crippen LogP contribution in [0.2, 0.25) is 5.02 Å². The number of amides is 1. The number of nitrogens with zero attached hydrogens (tertiary/aromatic N) is 1. The van der Waals surface area contributed by atoms with Crippen LogP contribution in [0.5, 0.6) is 0 Å². The van der Waals surface area contributed by atoms with Crippen molar-refractivity contribution in [2.45, 2.75) is 38.6 Å². The molecule has 0 atom stereocenters. The highest BCUT2D eigenvalue weighted by molar-refractivity contribution is 7.09. The molecule has 0 aliphatic heterocycles. The predicted molar refractivity (Wildman–Crippen MR) is 96.1 cm³/mol. The summed E-state index contributed by atoms with van der Waals surface area (Å²) in [6, 6.07) is 7.87. The number of hydrogen-bond donors (Lipinski definition) is 2. The molecule has 1 aromatic carbocycles. The number of halogens is 1. The van der Waals surface area contributed by atoms with E-state index >= 15 is 0 Å². The standard InChI is InChI=1S/C17H22ClN3OS/c1-3-17(4-2,12-5-7-13(18)8-6-12)11-20-16(22)14-10-23-15(9-19)21-14/h5-8,10H,3-4,9,11,19H2,1-2H3,(H,20,22). The van der Waals surface area contributed by atoms with Gasteiger partial charge in [0.25, 0.3) is 5.91 Å². The van der Waals surface area contributed by atoms with E-state index < -0.39 is 0 Å². The first-order chi connectivity index (χ1) is 11.0. The van der Waals surface area contributed by atoms with Gasteiger partial charge < -0.3 is 11.1 Å². The van der Waals surface area contributed by atoms with Crippen LogP contribution in [0.15, 0.2) is 29.6 Å². The summed E-state index contributed by atoms with van der Waals surface area (Å²) in [6.07, 6.45) is 1.85. The summed E-state index contributed by atoms with van der Waals surface area (Å²) in [5.74, 6) is -0.152. The lowest BCUT2D eigenvalue weighted by Gasteiger charge is -2.32. The van der Waals surface area contributed by atoms with Crippen molar-refractivity contribution in [3.05, 3.63) is 50.9 Å². The Kier molecular flexibility index (Phi) is 6.16. The molecular formula is C17H22ClN3OS. The second-order valence-corrected chi connectivity index (χ2v) is 6.89. The predicted octanol–water partition coefficient (Wildman–Crippen LogP) is 3.74. The smallest absolute Gasteiger partial charge is 0.270 e. The molecule has 0 spiro atoms. The van der Waals surface area contributed by atoms with Gasteiger partial charge in [-0.1, -0.05) is 37.6 Å². The van der Waals surface area contributed by atoms with Gasteiger partial charge in [0.1, 0.15) is 10.7 Å². The van der Waals surface area contributed by atoms with Crippen LogP contribution >= 0.6 is 22.9 Å². The van der Waals surface area contributed by atoms with Crippen LogP contribution in [0.1, 0.15) is 47.7 Å². The number of aromatic nitrogens is 1. The molecule has 6 heteroatoms. The molecule has 1 heterocycles. The van der Waals surface area contributed by atoms with Gasteiger partial charge in [0.05, 0.1) is 0 Å². The Morgan fingerprint density at radius 1 is 1.30 bits per heavy atom. The first-order valence-electron chi connectivity index (χ1n) is 7.73. The molecule has 0 saturated carbocycles. The molecule has 0 aliphatic rings. The minimum absolute atomic E-state index is 0.104. The summed E-state index contributed by atoms with van der Waals surface area (Å²) in [5, 5.41) is 6.26. The van der Waals surface area contributed by atoms with Crippen LogP contribution in [0.4, 0.5) is 0 Å². The summed E-state index contributed by atoms with van der Waals surface area (Å²) in [6.45, 7) is 5.20. The third-order valence-electron chi connectivity index (χ3n) is 4.36. The number of nitrogens with two attached hydrogens (primary N) is 1. The average Bonchev–Trinajstić information content (AvgIpc) is 3.06. The number of thiazole rings is 1. The van der Waals surface area contributed by atoms with Gasteiger partial charge in [-0.25, -0.2) is 4.98 Å². The maximum absolute atomic E-state index is 12.3. The van der Waals surface area contributed by atoms with Gasteiger partial charge in [-0.05, 0) is 30.5 Å². The first-order valence-corrected chi connectivity index (χ1v) is 8.99. The zero-order valence-electron chi connectivity index (χ0n) is 13.4. The van der Waals surface area contributed by atoms with Crippen LogP contribution in [0, 0.1) is 0 Å². The SMILES string of the molecule is CCC(CC)(CNC(=O)c1csc(CN)n1)c1ccc(Cl)cc1. The molecule has 1 aromatic heterocycles. The number of rotatable bonds is 7. The fraction of sp³-hybridized carbons (Fsp3) is 0.412. The molecular weight excluding hydrogens is 330 g/mol. The maximum Gasteiger partial charge on any atom is 0.270 e. The molecule has 0 bridgehead atoms. The van der Waals surface area contributed by atoms with E-state index in [1.165, 1.54) is 16.9 Å². The molecule has 124 valence electrons. The van der Waals surface area contributed by atoms with Gasteiger partial charge in [0, 0.05) is 28.9 Å². The lowest BCUT2D eigenvalue weighted by atomic mass is 9.76. The monoisotopic (exact) mass is 351 g/mol. The highest BCUT2D eigenvalue weighted by Gasteiger charge is 2.29. The van der Waals surface area contributed by atoms with E-state index in [4.69, 9.17) is 17.3 Å². The highest BCUT2D eigenvalue weighted by atomic mass is 35.5. The van der Waals surface area contributed by atoms with E-state index in [1.807, 2.05) is 24.3 Å². The topological polar surface area (TPSA) is 68.0 Å². The van der Waals surface area contributed by atoms with Gasteiger partial charge in [0.15, 0.2) is 0 Å². The minimum Gasteiger partial charge on any atom is -0.350 e. The Morgan fingerprint density at radius 2 is 1.96 bits per heavy atom. The second kappa shape index (κ2) is 7.90. The normalized spacial score (nSPS) is 11.5. The fourth-order valence-electron chi connectivity index (χ4n) is 2.66. The van der Waals surface area contributed by atoms with Crippen molar-refractivity contribution < 1.29 is 4.79 Å². The van der Waals surface area contributed by atoms with E-state index in [9.17, 15) is 4.79 Å². The second-order valence-electron chi connectivity index (χ2n) is 5.51. The largest absolute Gasteiger partial charge is 0.350 e. The molecule has 2 rings (SSSR count). The van der Waals surface area contributed by atoms with Crippen LogP contribution in [0.25, 0.3) is 0 Å². The maximum atomic E-state index is 12.3. The van der Waals surface area contributed by atoms with E-state index in [0.29, 0.717) is 18.8 Å². The Balaban J connectivity index is 2.12. The summed E-state index contributed by atoms with van der Waals surface area (Å²) in [7, 11) is 0. The quantitative estimate of drug-likeness (QED) is 0.798. The molecule has 0 radical (unpaired) electrons. The van der Waals surface area contributed by atoms with Crippen LogP contribution in [0.3, 0.4) is 0 Å². The lowest BCUT2D eigenvalue weighted by molar-refractivity contribution is 0.0937. The lowest BCUT2D eigenvalue weighted by Crippen LogP contribution is -2.40. The van der Waals surface area contributed by atoms with Gasteiger partial charge in [-0.2, -0.15) is 0 Å². The first kappa shape index (κ1) is 17.9. The minimum atomic E-state index is -0.152. The molecule has 0 aliphatic carbocycles. The van der Waals surface area contributed by atoms with E-state index in [0.717, 1.165) is 22.9 Å². The molecule has 0 saturated heterocycles. The number of carbonyl (C=O) groups excluding carboxylic acids is 1. The zero-order valence-corrected chi connectivity index (χ0v) is 15.0. The van der Waals surface area contributed by atoms with Crippen LogP contribution in [-0.4, -0.2) is 17.4 Å². The zero-order chi connectivity index (χ0) is 16.9. The molecule has 3 N–H and O–H groups in total. The molecule has 2 aromatic rings. The third-order valence-corrected chi connectivity index (χ3v) is 5.48.